The van der Waals surface area contributed by atoms with Crippen LogP contribution < -0.4 is 4.90 Å². The highest BCUT2D eigenvalue weighted by Gasteiger charge is 2.44. The molecule has 0 aliphatic carbocycles. The molecule has 47 heavy (non-hydrogen) atoms. The van der Waals surface area contributed by atoms with Crippen LogP contribution in [0.4, 0.5) is 11.4 Å². The van der Waals surface area contributed by atoms with E-state index < -0.39 is 31.6 Å². The van der Waals surface area contributed by atoms with E-state index in [4.69, 9.17) is 9.66 Å². The van der Waals surface area contributed by atoms with Gasteiger partial charge in [-0.2, -0.15) is 21.4 Å². The number of hydrogen-bond donors (Lipinski definition) is 3. The highest BCUT2D eigenvalue weighted by molar-refractivity contribution is 7.86. The lowest BCUT2D eigenvalue weighted by Crippen LogP contribution is -2.28. The molecule has 0 aromatic heterocycles. The van der Waals surface area contributed by atoms with Crippen LogP contribution in [0.25, 0.3) is 0 Å². The number of carboxylic acid groups (broad SMARTS) is 1. The van der Waals surface area contributed by atoms with Gasteiger partial charge in [0.05, 0.1) is 16.1 Å². The quantitative estimate of drug-likeness (QED) is 0.0835. The average molecular weight is 686 g/mol. The average Bonchev–Trinajstić information content (AvgIpc) is 3.35. The summed E-state index contributed by atoms with van der Waals surface area (Å²) in [4.78, 5) is 13.0. The molecule has 2 aromatic rings. The molecule has 1 atom stereocenters. The standard InChI is InChI=1S/C35H44N2O8S2/c1-5-36-30-25-26(47(43,44)45)20-21-28(30)35(4,22-12-11-19-33(38)39)32(36)18-8-6-7-17-31-34(2,3)27-15-9-10-16-29(27)37(31)23-13-14-24-46(40,41)42/h6-10,15-18,20-21,25H,5,11-14,19,22-24H2,1-4H3,(H2-,38,39,40,41,42,43,44,45)/p+1. The van der Waals surface area contributed by atoms with Crippen molar-refractivity contribution >= 4 is 43.3 Å². The summed E-state index contributed by atoms with van der Waals surface area (Å²) in [5, 5.41) is 9.14. The SMILES string of the molecule is CCN1/C(=C/C=C/C=C/C2=[N+](CCCCS(=O)(=O)O)c3ccccc3C2(C)C)C(C)(CCCCC(=O)O)c2ccc(S(=O)(=O)O)cc21. The van der Waals surface area contributed by atoms with Crippen molar-refractivity contribution in [3.63, 3.8) is 0 Å². The van der Waals surface area contributed by atoms with Gasteiger partial charge >= 0.3 is 5.97 Å². The third-order valence-corrected chi connectivity index (χ3v) is 10.9. The molecule has 0 spiro atoms. The summed E-state index contributed by atoms with van der Waals surface area (Å²) < 4.78 is 67.5. The number of allylic oxidation sites excluding steroid dienone is 6. The van der Waals surface area contributed by atoms with Gasteiger partial charge in [-0.25, -0.2) is 0 Å². The van der Waals surface area contributed by atoms with Crippen LogP contribution in [-0.4, -0.2) is 66.1 Å². The summed E-state index contributed by atoms with van der Waals surface area (Å²) in [5.74, 6) is -1.12. The Kier molecular flexibility index (Phi) is 11.0. The number of unbranched alkanes of at least 4 members (excludes halogenated alkanes) is 2. The van der Waals surface area contributed by atoms with Crippen LogP contribution in [0.2, 0.25) is 0 Å². The van der Waals surface area contributed by atoms with E-state index in [1.807, 2.05) is 48.3 Å². The number of nitrogens with zero attached hydrogens (tertiary/aromatic N) is 2. The summed E-state index contributed by atoms with van der Waals surface area (Å²) in [6.45, 7) is 9.51. The van der Waals surface area contributed by atoms with Crippen molar-refractivity contribution in [2.45, 2.75) is 81.9 Å². The molecular weight excluding hydrogens is 641 g/mol. The molecule has 0 bridgehead atoms. The number of para-hydroxylation sites is 1. The van der Waals surface area contributed by atoms with Crippen LogP contribution >= 0.6 is 0 Å². The molecule has 2 aliphatic heterocycles. The number of carboxylic acids is 1. The van der Waals surface area contributed by atoms with E-state index in [9.17, 15) is 26.2 Å². The zero-order chi connectivity index (χ0) is 34.6. The number of fused-ring (bicyclic) bond motifs is 2. The zero-order valence-corrected chi connectivity index (χ0v) is 29.0. The van der Waals surface area contributed by atoms with Crippen molar-refractivity contribution in [3.05, 3.63) is 89.7 Å². The summed E-state index contributed by atoms with van der Waals surface area (Å²) in [6.07, 6.45) is 12.7. The number of benzene rings is 2. The van der Waals surface area contributed by atoms with Crippen LogP contribution in [0.5, 0.6) is 0 Å². The van der Waals surface area contributed by atoms with Crippen LogP contribution in [0, 0.1) is 0 Å². The first kappa shape index (κ1) is 36.3. The van der Waals surface area contributed by atoms with E-state index in [0.717, 1.165) is 22.7 Å². The fourth-order valence-electron chi connectivity index (χ4n) is 6.85. The van der Waals surface area contributed by atoms with Gasteiger partial charge in [-0.3, -0.25) is 13.9 Å². The predicted molar refractivity (Wildman–Crippen MR) is 184 cm³/mol. The first-order chi connectivity index (χ1) is 22.0. The number of rotatable bonds is 15. The Balaban J connectivity index is 1.66. The van der Waals surface area contributed by atoms with E-state index in [-0.39, 0.29) is 22.5 Å². The van der Waals surface area contributed by atoms with Crippen LogP contribution in [-0.2, 0) is 35.9 Å². The molecule has 12 heteroatoms. The van der Waals surface area contributed by atoms with Crippen molar-refractivity contribution in [1.82, 2.24) is 0 Å². The number of likely N-dealkylation sites (N-methyl/N-ethyl adjacent to an activating group) is 1. The molecule has 4 rings (SSSR count). The first-order valence-electron chi connectivity index (χ1n) is 15.9. The molecule has 1 unspecified atom stereocenters. The number of anilines is 1. The van der Waals surface area contributed by atoms with Crippen molar-refractivity contribution in [1.29, 1.82) is 0 Å². The van der Waals surface area contributed by atoms with E-state index in [1.54, 1.807) is 6.07 Å². The minimum Gasteiger partial charge on any atom is -0.481 e. The Morgan fingerprint density at radius 3 is 2.30 bits per heavy atom. The maximum absolute atomic E-state index is 12.0. The maximum Gasteiger partial charge on any atom is 0.303 e. The van der Waals surface area contributed by atoms with E-state index in [0.29, 0.717) is 50.9 Å². The van der Waals surface area contributed by atoms with Gasteiger partial charge in [0.1, 0.15) is 6.54 Å². The second kappa shape index (κ2) is 14.3. The summed E-state index contributed by atoms with van der Waals surface area (Å²) >= 11 is 0. The van der Waals surface area contributed by atoms with Gasteiger partial charge in [0, 0.05) is 53.9 Å². The lowest BCUT2D eigenvalue weighted by Gasteiger charge is -2.30. The van der Waals surface area contributed by atoms with Gasteiger partial charge in [-0.1, -0.05) is 48.9 Å². The van der Waals surface area contributed by atoms with Gasteiger partial charge in [0.2, 0.25) is 5.69 Å². The normalized spacial score (nSPS) is 20.1. The minimum atomic E-state index is -4.40. The third kappa shape index (κ3) is 8.11. The van der Waals surface area contributed by atoms with E-state index in [1.165, 1.54) is 17.7 Å². The van der Waals surface area contributed by atoms with Gasteiger partial charge in [0.15, 0.2) is 5.71 Å². The maximum atomic E-state index is 12.0. The van der Waals surface area contributed by atoms with Gasteiger partial charge in [-0.15, -0.1) is 0 Å². The second-order valence-corrected chi connectivity index (χ2v) is 15.8. The summed E-state index contributed by atoms with van der Waals surface area (Å²) in [5.41, 5.74) is 5.06. The third-order valence-electron chi connectivity index (χ3n) is 9.21. The molecule has 2 aliphatic rings. The smallest absolute Gasteiger partial charge is 0.303 e. The van der Waals surface area contributed by atoms with Crippen LogP contribution in [0.15, 0.2) is 83.4 Å². The molecule has 0 fully saturated rings. The first-order valence-corrected chi connectivity index (χ1v) is 18.9. The lowest BCUT2D eigenvalue weighted by atomic mass is 9.77. The van der Waals surface area contributed by atoms with Crippen LogP contribution in [0.1, 0.15) is 77.3 Å². The fraction of sp³-hybridized carbons (Fsp3) is 0.429. The molecule has 10 nitrogen and oxygen atoms in total. The Hall–Kier alpha value is -3.58. The molecule has 0 saturated carbocycles. The minimum absolute atomic E-state index is 0.0719. The lowest BCUT2D eigenvalue weighted by molar-refractivity contribution is -0.438. The zero-order valence-electron chi connectivity index (χ0n) is 27.4. The Morgan fingerprint density at radius 1 is 0.915 bits per heavy atom. The molecule has 0 radical (unpaired) electrons. The highest BCUT2D eigenvalue weighted by Crippen LogP contribution is 2.51. The molecule has 0 amide bonds. The predicted octanol–water partition coefficient (Wildman–Crippen LogP) is 6.42. The molecule has 2 heterocycles. The topological polar surface area (TPSA) is 152 Å². The molecule has 0 saturated heterocycles. The van der Waals surface area contributed by atoms with Crippen molar-refractivity contribution in [3.8, 4) is 0 Å². The number of hydrogen-bond acceptors (Lipinski definition) is 6. The van der Waals surface area contributed by atoms with Crippen molar-refractivity contribution < 1.29 is 40.4 Å². The molecule has 254 valence electrons. The fourth-order valence-corrected chi connectivity index (χ4v) is 7.92. The van der Waals surface area contributed by atoms with Crippen molar-refractivity contribution in [2.24, 2.45) is 0 Å². The van der Waals surface area contributed by atoms with Gasteiger partial charge < -0.3 is 10.0 Å². The molecule has 2 aromatic carbocycles. The second-order valence-electron chi connectivity index (χ2n) is 12.8. The molecule has 3 N–H and O–H groups in total. The summed E-state index contributed by atoms with van der Waals surface area (Å²) in [7, 11) is -8.41. The van der Waals surface area contributed by atoms with Crippen molar-refractivity contribution in [2.75, 3.05) is 23.7 Å². The van der Waals surface area contributed by atoms with E-state index >= 15 is 0 Å². The number of aliphatic carboxylic acids is 1. The van der Waals surface area contributed by atoms with E-state index in [2.05, 4.69) is 43.6 Å². The number of carbonyl (C=O) groups is 1. The Morgan fingerprint density at radius 2 is 1.64 bits per heavy atom. The highest BCUT2D eigenvalue weighted by atomic mass is 32.2. The largest absolute Gasteiger partial charge is 0.481 e. The van der Waals surface area contributed by atoms with Gasteiger partial charge in [0.25, 0.3) is 20.2 Å². The molecular formula is C35H45N2O8S2+. The Labute approximate surface area is 278 Å². The Bertz CT molecular complexity index is 1860. The monoisotopic (exact) mass is 685 g/mol. The van der Waals surface area contributed by atoms with Crippen LogP contribution in [0.3, 0.4) is 0 Å². The summed E-state index contributed by atoms with van der Waals surface area (Å²) in [6, 6.07) is 12.8. The van der Waals surface area contributed by atoms with Gasteiger partial charge in [-0.05, 0) is 70.7 Å².